The third kappa shape index (κ3) is 4.18. The van der Waals surface area contributed by atoms with E-state index < -0.39 is 27.4 Å². The van der Waals surface area contributed by atoms with E-state index in [9.17, 15) is 22.0 Å². The number of carbonyl (C=O) groups excluding carboxylic acids is 1. The van der Waals surface area contributed by atoms with Gasteiger partial charge in [0.05, 0.1) is 27.3 Å². The number of aromatic nitrogens is 1. The van der Waals surface area contributed by atoms with E-state index in [1.54, 1.807) is 10.6 Å². The van der Waals surface area contributed by atoms with Crippen molar-refractivity contribution in [3.05, 3.63) is 58.4 Å². The zero-order valence-corrected chi connectivity index (χ0v) is 16.6. The van der Waals surface area contributed by atoms with E-state index in [1.165, 1.54) is 19.2 Å². The van der Waals surface area contributed by atoms with Crippen molar-refractivity contribution >= 4 is 37.3 Å². The summed E-state index contributed by atoms with van der Waals surface area (Å²) >= 11 is 1.10. The molecule has 0 saturated carbocycles. The van der Waals surface area contributed by atoms with Crippen molar-refractivity contribution < 1.29 is 26.7 Å². The Morgan fingerprint density at radius 2 is 1.96 bits per heavy atom. The second-order valence-electron chi connectivity index (χ2n) is 5.97. The van der Waals surface area contributed by atoms with Crippen LogP contribution in [0.2, 0.25) is 0 Å². The Hall–Kier alpha value is -2.43. The molecule has 0 saturated heterocycles. The number of amides is 1. The molecular formula is C18H16F2N2O4S2. The van der Waals surface area contributed by atoms with Crippen LogP contribution in [0.25, 0.3) is 10.2 Å². The molecule has 0 aliphatic carbocycles. The molecule has 0 spiro atoms. The summed E-state index contributed by atoms with van der Waals surface area (Å²) in [7, 11) is -1.88. The van der Waals surface area contributed by atoms with Crippen LogP contribution in [0.3, 0.4) is 0 Å². The SMILES string of the molecule is COCCn1c(=NC(=O)c2ccc(F)cc2F)sc2cc(S(C)(=O)=O)ccc21. The van der Waals surface area contributed by atoms with Gasteiger partial charge >= 0.3 is 0 Å². The Bertz CT molecular complexity index is 1230. The van der Waals surface area contributed by atoms with Crippen LogP contribution >= 0.6 is 11.3 Å². The van der Waals surface area contributed by atoms with E-state index in [2.05, 4.69) is 4.99 Å². The maximum Gasteiger partial charge on any atom is 0.282 e. The molecule has 0 aliphatic heterocycles. The summed E-state index contributed by atoms with van der Waals surface area (Å²) in [4.78, 5) is 16.8. The van der Waals surface area contributed by atoms with Gasteiger partial charge < -0.3 is 9.30 Å². The molecule has 0 fully saturated rings. The van der Waals surface area contributed by atoms with Gasteiger partial charge in [0.1, 0.15) is 11.6 Å². The second kappa shape index (κ2) is 7.90. The quantitative estimate of drug-likeness (QED) is 0.629. The zero-order valence-electron chi connectivity index (χ0n) is 15.0. The van der Waals surface area contributed by atoms with Gasteiger partial charge in [-0.3, -0.25) is 4.79 Å². The number of carbonyl (C=O) groups is 1. The maximum absolute atomic E-state index is 13.9. The van der Waals surface area contributed by atoms with E-state index in [4.69, 9.17) is 4.74 Å². The molecule has 0 unspecified atom stereocenters. The van der Waals surface area contributed by atoms with E-state index in [1.807, 2.05) is 0 Å². The van der Waals surface area contributed by atoms with E-state index >= 15 is 0 Å². The highest BCUT2D eigenvalue weighted by Gasteiger charge is 2.15. The van der Waals surface area contributed by atoms with Crippen LogP contribution < -0.4 is 4.80 Å². The number of hydrogen-bond acceptors (Lipinski definition) is 5. The fourth-order valence-corrected chi connectivity index (χ4v) is 4.39. The van der Waals surface area contributed by atoms with Crippen molar-refractivity contribution in [2.45, 2.75) is 11.4 Å². The first-order chi connectivity index (χ1) is 13.2. The molecule has 2 aromatic carbocycles. The van der Waals surface area contributed by atoms with Gasteiger partial charge in [-0.25, -0.2) is 17.2 Å². The molecule has 0 aliphatic rings. The van der Waals surface area contributed by atoms with E-state index in [-0.39, 0.29) is 15.3 Å². The Morgan fingerprint density at radius 3 is 2.61 bits per heavy atom. The molecule has 148 valence electrons. The lowest BCUT2D eigenvalue weighted by Gasteiger charge is -2.05. The van der Waals surface area contributed by atoms with Gasteiger partial charge in [-0.1, -0.05) is 11.3 Å². The fourth-order valence-electron chi connectivity index (χ4n) is 2.58. The Labute approximate surface area is 163 Å². The summed E-state index contributed by atoms with van der Waals surface area (Å²) < 4.78 is 57.9. The van der Waals surface area contributed by atoms with Gasteiger partial charge in [-0.15, -0.1) is 0 Å². The number of rotatable bonds is 5. The molecule has 0 atom stereocenters. The average Bonchev–Trinajstić information content (AvgIpc) is 2.95. The first-order valence-electron chi connectivity index (χ1n) is 8.07. The molecule has 1 heterocycles. The van der Waals surface area contributed by atoms with Gasteiger partial charge in [0.15, 0.2) is 14.6 Å². The first kappa shape index (κ1) is 20.3. The van der Waals surface area contributed by atoms with Crippen molar-refractivity contribution in [1.82, 2.24) is 4.57 Å². The minimum Gasteiger partial charge on any atom is -0.383 e. The number of sulfone groups is 1. The fraction of sp³-hybridized carbons (Fsp3) is 0.222. The van der Waals surface area contributed by atoms with E-state index in [0.717, 1.165) is 29.7 Å². The zero-order chi connectivity index (χ0) is 20.5. The van der Waals surface area contributed by atoms with Crippen LogP contribution in [0.1, 0.15) is 10.4 Å². The van der Waals surface area contributed by atoms with Crippen LogP contribution in [-0.4, -0.2) is 38.9 Å². The van der Waals surface area contributed by atoms with Gasteiger partial charge in [0.25, 0.3) is 5.91 Å². The summed E-state index contributed by atoms with van der Waals surface area (Å²) in [6.07, 6.45) is 1.10. The average molecular weight is 426 g/mol. The number of halogens is 2. The Morgan fingerprint density at radius 1 is 1.21 bits per heavy atom. The molecule has 0 radical (unpaired) electrons. The highest BCUT2D eigenvalue weighted by molar-refractivity contribution is 7.90. The molecule has 0 N–H and O–H groups in total. The normalized spacial score (nSPS) is 12.6. The lowest BCUT2D eigenvalue weighted by Crippen LogP contribution is -2.19. The Kier molecular flexibility index (Phi) is 5.73. The maximum atomic E-state index is 13.9. The van der Waals surface area contributed by atoms with Crippen molar-refractivity contribution in [2.75, 3.05) is 20.0 Å². The summed E-state index contributed by atoms with van der Waals surface area (Å²) in [6.45, 7) is 0.679. The van der Waals surface area contributed by atoms with Crippen molar-refractivity contribution in [3.8, 4) is 0 Å². The summed E-state index contributed by atoms with van der Waals surface area (Å²) in [5, 5.41) is 0. The van der Waals surface area contributed by atoms with Crippen molar-refractivity contribution in [3.63, 3.8) is 0 Å². The number of benzene rings is 2. The van der Waals surface area contributed by atoms with Crippen LogP contribution in [0.5, 0.6) is 0 Å². The number of nitrogens with zero attached hydrogens (tertiary/aromatic N) is 2. The number of hydrogen-bond donors (Lipinski definition) is 0. The number of methoxy groups -OCH3 is 1. The predicted molar refractivity (Wildman–Crippen MR) is 101 cm³/mol. The largest absolute Gasteiger partial charge is 0.383 e. The smallest absolute Gasteiger partial charge is 0.282 e. The minimum absolute atomic E-state index is 0.141. The highest BCUT2D eigenvalue weighted by Crippen LogP contribution is 2.22. The molecule has 0 bridgehead atoms. The summed E-state index contributed by atoms with van der Waals surface area (Å²) in [5.74, 6) is -2.66. The minimum atomic E-state index is -3.40. The topological polar surface area (TPSA) is 77.7 Å². The molecule has 6 nitrogen and oxygen atoms in total. The molecule has 3 aromatic rings. The second-order valence-corrected chi connectivity index (χ2v) is 9.00. The van der Waals surface area contributed by atoms with Crippen LogP contribution in [0.15, 0.2) is 46.3 Å². The third-order valence-corrected chi connectivity index (χ3v) is 6.11. The predicted octanol–water partition coefficient (Wildman–Crippen LogP) is 2.77. The van der Waals surface area contributed by atoms with Crippen LogP contribution in [0, 0.1) is 11.6 Å². The van der Waals surface area contributed by atoms with Gasteiger partial charge in [-0.2, -0.15) is 4.99 Å². The Balaban J connectivity index is 2.17. The first-order valence-corrected chi connectivity index (χ1v) is 10.8. The molecule has 1 amide bonds. The van der Waals surface area contributed by atoms with Gasteiger partial charge in [0, 0.05) is 26.0 Å². The molecule has 1 aromatic heterocycles. The van der Waals surface area contributed by atoms with Crippen LogP contribution in [-0.2, 0) is 21.1 Å². The number of thiazole rings is 1. The summed E-state index contributed by atoms with van der Waals surface area (Å²) in [6, 6.07) is 7.23. The molecular weight excluding hydrogens is 410 g/mol. The number of ether oxygens (including phenoxy) is 1. The monoisotopic (exact) mass is 426 g/mol. The van der Waals surface area contributed by atoms with Crippen molar-refractivity contribution in [2.24, 2.45) is 4.99 Å². The lowest BCUT2D eigenvalue weighted by atomic mass is 10.2. The third-order valence-electron chi connectivity index (χ3n) is 3.96. The standard InChI is InChI=1S/C18H16F2N2O4S2/c1-26-8-7-22-15-6-4-12(28(2,24)25)10-16(15)27-18(22)21-17(23)13-5-3-11(19)9-14(13)20/h3-6,9-10H,7-8H2,1-2H3. The van der Waals surface area contributed by atoms with Crippen molar-refractivity contribution in [1.29, 1.82) is 0 Å². The van der Waals surface area contributed by atoms with Gasteiger partial charge in [-0.05, 0) is 30.3 Å². The molecule has 28 heavy (non-hydrogen) atoms. The highest BCUT2D eigenvalue weighted by atomic mass is 32.2. The lowest BCUT2D eigenvalue weighted by molar-refractivity contribution is 0.0993. The number of fused-ring (bicyclic) bond motifs is 1. The summed E-state index contributed by atoms with van der Waals surface area (Å²) in [5.41, 5.74) is 0.314. The van der Waals surface area contributed by atoms with Gasteiger partial charge in [0.2, 0.25) is 0 Å². The van der Waals surface area contributed by atoms with Crippen LogP contribution in [0.4, 0.5) is 8.78 Å². The molecule has 3 rings (SSSR count). The van der Waals surface area contributed by atoms with E-state index in [0.29, 0.717) is 29.4 Å². The molecule has 10 heteroatoms.